The molecule has 0 heterocycles. The van der Waals surface area contributed by atoms with Crippen molar-refractivity contribution in [3.8, 4) is 11.5 Å². The van der Waals surface area contributed by atoms with Gasteiger partial charge in [-0.1, -0.05) is 42.5 Å². The van der Waals surface area contributed by atoms with Gasteiger partial charge >= 0.3 is 0 Å². The number of benzene rings is 2. The molecule has 23 heavy (non-hydrogen) atoms. The maximum atomic E-state index is 11.9. The van der Waals surface area contributed by atoms with Crippen LogP contribution in [0, 0.1) is 0 Å². The molecular weight excluding hydrogens is 292 g/mol. The summed E-state index contributed by atoms with van der Waals surface area (Å²) in [6.45, 7) is 3.24. The van der Waals surface area contributed by atoms with Crippen LogP contribution in [0.3, 0.4) is 0 Å². The Bertz CT molecular complexity index is 675. The largest absolute Gasteiger partial charge is 0.487 e. The van der Waals surface area contributed by atoms with Crippen LogP contribution in [0.25, 0.3) is 6.08 Å². The van der Waals surface area contributed by atoms with Crippen LogP contribution in [0.2, 0.25) is 0 Å². The van der Waals surface area contributed by atoms with Crippen molar-refractivity contribution in [2.45, 2.75) is 20.0 Å². The van der Waals surface area contributed by atoms with Crippen molar-refractivity contribution in [2.24, 2.45) is 0 Å². The van der Waals surface area contributed by atoms with Crippen LogP contribution in [-0.2, 0) is 4.79 Å². The second kappa shape index (κ2) is 8.15. The van der Waals surface area contributed by atoms with E-state index in [9.17, 15) is 9.90 Å². The predicted octanol–water partition coefficient (Wildman–Crippen LogP) is 3.46. The lowest BCUT2D eigenvalue weighted by Crippen LogP contribution is -2.13. The van der Waals surface area contributed by atoms with Crippen LogP contribution in [0.1, 0.15) is 19.4 Å². The summed E-state index contributed by atoms with van der Waals surface area (Å²) in [7, 11) is 0. The molecule has 2 rings (SSSR count). The van der Waals surface area contributed by atoms with Gasteiger partial charge in [-0.3, -0.25) is 4.79 Å². The number of allylic oxidation sites excluding steroid dienone is 1. The Labute approximate surface area is 136 Å². The molecule has 0 bridgehead atoms. The van der Waals surface area contributed by atoms with E-state index >= 15 is 0 Å². The van der Waals surface area contributed by atoms with E-state index in [0.717, 1.165) is 5.56 Å². The minimum atomic E-state index is -0.588. The Morgan fingerprint density at radius 1 is 1.09 bits per heavy atom. The Kier molecular flexibility index (Phi) is 5.94. The summed E-state index contributed by atoms with van der Waals surface area (Å²) in [5, 5.41) is 9.34. The lowest BCUT2D eigenvalue weighted by molar-refractivity contribution is -0.115. The monoisotopic (exact) mass is 312 g/mol. The molecule has 1 atom stereocenters. The summed E-state index contributed by atoms with van der Waals surface area (Å²) in [5.41, 5.74) is 0.875. The molecule has 4 nitrogen and oxygen atoms in total. The van der Waals surface area contributed by atoms with E-state index in [2.05, 4.69) is 0 Å². The van der Waals surface area contributed by atoms with Crippen LogP contribution in [0.15, 0.2) is 60.4 Å². The number of hydrogen-bond donors (Lipinski definition) is 1. The highest BCUT2D eigenvalue weighted by atomic mass is 16.5. The fraction of sp³-hybridized carbons (Fsp3) is 0.211. The summed E-state index contributed by atoms with van der Waals surface area (Å²) < 4.78 is 11.3. The summed E-state index contributed by atoms with van der Waals surface area (Å²) in [4.78, 5) is 11.9. The van der Waals surface area contributed by atoms with Crippen LogP contribution in [0.4, 0.5) is 0 Å². The van der Waals surface area contributed by atoms with Gasteiger partial charge in [0.25, 0.3) is 0 Å². The molecule has 2 aromatic carbocycles. The number of carbonyl (C=O) groups is 1. The molecule has 2 aromatic rings. The molecule has 0 fully saturated rings. The van der Waals surface area contributed by atoms with Crippen LogP contribution in [-0.4, -0.2) is 23.6 Å². The highest BCUT2D eigenvalue weighted by molar-refractivity contribution is 5.96. The third-order valence-corrected chi connectivity index (χ3v) is 2.99. The maximum absolute atomic E-state index is 11.9. The predicted molar refractivity (Wildman–Crippen MR) is 89.3 cm³/mol. The fourth-order valence-corrected chi connectivity index (χ4v) is 1.89. The second-order valence-corrected chi connectivity index (χ2v) is 5.18. The standard InChI is InChI=1S/C19H20O4/c1-14(20)13-22-17-10-6-7-11-18(17)23-19(15(2)21)12-16-8-4-3-5-9-16/h3-12,14,20H,13H2,1-2H3. The van der Waals surface area contributed by atoms with Crippen molar-refractivity contribution in [1.29, 1.82) is 0 Å². The minimum absolute atomic E-state index is 0.151. The van der Waals surface area contributed by atoms with Crippen molar-refractivity contribution < 1.29 is 19.4 Å². The van der Waals surface area contributed by atoms with Crippen LogP contribution < -0.4 is 9.47 Å². The average molecular weight is 312 g/mol. The maximum Gasteiger partial charge on any atom is 0.194 e. The molecule has 0 saturated carbocycles. The molecule has 0 aliphatic rings. The number of ketones is 1. The van der Waals surface area contributed by atoms with Crippen molar-refractivity contribution in [2.75, 3.05) is 6.61 Å². The number of aliphatic hydroxyl groups is 1. The fourth-order valence-electron chi connectivity index (χ4n) is 1.89. The van der Waals surface area contributed by atoms with Gasteiger partial charge in [0.05, 0.1) is 6.10 Å². The van der Waals surface area contributed by atoms with Crippen molar-refractivity contribution >= 4 is 11.9 Å². The molecule has 0 saturated heterocycles. The Morgan fingerprint density at radius 2 is 1.70 bits per heavy atom. The summed E-state index contributed by atoms with van der Waals surface area (Å²) in [6, 6.07) is 16.5. The molecule has 0 spiro atoms. The highest BCUT2D eigenvalue weighted by Crippen LogP contribution is 2.29. The molecule has 1 N–H and O–H groups in total. The first-order chi connectivity index (χ1) is 11.1. The van der Waals surface area contributed by atoms with Gasteiger partial charge in [-0.15, -0.1) is 0 Å². The summed E-state index contributed by atoms with van der Waals surface area (Å²) in [5.74, 6) is 0.961. The van der Waals surface area contributed by atoms with Crippen molar-refractivity contribution in [3.63, 3.8) is 0 Å². The number of para-hydroxylation sites is 2. The highest BCUT2D eigenvalue weighted by Gasteiger charge is 2.12. The lowest BCUT2D eigenvalue weighted by atomic mass is 10.2. The third kappa shape index (κ3) is 5.27. The number of aliphatic hydroxyl groups excluding tert-OH is 1. The normalized spacial score (nSPS) is 12.6. The summed E-state index contributed by atoms with van der Waals surface area (Å²) in [6.07, 6.45) is 1.10. The quantitative estimate of drug-likeness (QED) is 0.628. The third-order valence-electron chi connectivity index (χ3n) is 2.99. The van der Waals surface area contributed by atoms with Crippen molar-refractivity contribution in [1.82, 2.24) is 0 Å². The Balaban J connectivity index is 2.24. The molecule has 120 valence electrons. The minimum Gasteiger partial charge on any atom is -0.487 e. The number of hydrogen-bond acceptors (Lipinski definition) is 4. The topological polar surface area (TPSA) is 55.8 Å². The zero-order valence-corrected chi connectivity index (χ0v) is 13.2. The lowest BCUT2D eigenvalue weighted by Gasteiger charge is -2.14. The molecule has 0 aliphatic carbocycles. The SMILES string of the molecule is CC(=O)C(=Cc1ccccc1)Oc1ccccc1OCC(C)O. The second-order valence-electron chi connectivity index (χ2n) is 5.18. The van der Waals surface area contributed by atoms with Gasteiger partial charge < -0.3 is 14.6 Å². The van der Waals surface area contributed by atoms with Crippen LogP contribution >= 0.6 is 0 Å². The van der Waals surface area contributed by atoms with E-state index in [1.54, 1.807) is 37.3 Å². The number of ether oxygens (including phenoxy) is 2. The Hall–Kier alpha value is -2.59. The van der Waals surface area contributed by atoms with E-state index in [0.29, 0.717) is 11.5 Å². The van der Waals surface area contributed by atoms with Gasteiger partial charge in [-0.2, -0.15) is 0 Å². The van der Waals surface area contributed by atoms with Gasteiger partial charge in [0.15, 0.2) is 23.0 Å². The zero-order chi connectivity index (χ0) is 16.7. The first-order valence-corrected chi connectivity index (χ1v) is 7.41. The molecule has 1 unspecified atom stereocenters. The average Bonchev–Trinajstić information content (AvgIpc) is 2.54. The van der Waals surface area contributed by atoms with E-state index < -0.39 is 6.10 Å². The number of carbonyl (C=O) groups excluding carboxylic acids is 1. The van der Waals surface area contributed by atoms with E-state index in [1.165, 1.54) is 6.92 Å². The van der Waals surface area contributed by atoms with Gasteiger partial charge in [-0.25, -0.2) is 0 Å². The van der Waals surface area contributed by atoms with Gasteiger partial charge in [0.1, 0.15) is 6.61 Å². The van der Waals surface area contributed by atoms with E-state index in [1.807, 2.05) is 30.3 Å². The Morgan fingerprint density at radius 3 is 2.30 bits per heavy atom. The molecule has 4 heteroatoms. The van der Waals surface area contributed by atoms with E-state index in [4.69, 9.17) is 9.47 Å². The van der Waals surface area contributed by atoms with Crippen molar-refractivity contribution in [3.05, 3.63) is 65.9 Å². The first-order valence-electron chi connectivity index (χ1n) is 7.41. The first kappa shape index (κ1) is 16.8. The number of rotatable bonds is 7. The molecule has 0 aromatic heterocycles. The van der Waals surface area contributed by atoms with Gasteiger partial charge in [0.2, 0.25) is 0 Å². The number of Topliss-reactive ketones (excluding diaryl/α,β-unsaturated/α-hetero) is 1. The molecule has 0 amide bonds. The van der Waals surface area contributed by atoms with Gasteiger partial charge in [0, 0.05) is 6.92 Å². The summed E-state index contributed by atoms with van der Waals surface area (Å²) >= 11 is 0. The molecular formula is C19H20O4. The van der Waals surface area contributed by atoms with E-state index in [-0.39, 0.29) is 18.1 Å². The zero-order valence-electron chi connectivity index (χ0n) is 13.2. The molecule has 0 aliphatic heterocycles. The smallest absolute Gasteiger partial charge is 0.194 e. The molecule has 0 radical (unpaired) electrons. The van der Waals surface area contributed by atoms with Gasteiger partial charge in [-0.05, 0) is 30.7 Å². The van der Waals surface area contributed by atoms with Crippen LogP contribution in [0.5, 0.6) is 11.5 Å².